The van der Waals surface area contributed by atoms with E-state index in [1.54, 1.807) is 0 Å². The fourth-order valence-electron chi connectivity index (χ4n) is 1.47. The first kappa shape index (κ1) is 8.27. The van der Waals surface area contributed by atoms with Crippen molar-refractivity contribution in [2.24, 2.45) is 0 Å². The number of ether oxygens (including phenoxy) is 1. The zero-order chi connectivity index (χ0) is 8.55. The first-order valence-electron chi connectivity index (χ1n) is 4.46. The van der Waals surface area contributed by atoms with E-state index in [-0.39, 0.29) is 0 Å². The number of rotatable bonds is 3. The van der Waals surface area contributed by atoms with Crippen LogP contribution < -0.4 is 0 Å². The van der Waals surface area contributed by atoms with E-state index in [0.29, 0.717) is 12.2 Å². The fraction of sp³-hybridized carbons (Fsp3) is 0.600. The van der Waals surface area contributed by atoms with Crippen molar-refractivity contribution in [1.82, 2.24) is 0 Å². The highest BCUT2D eigenvalue weighted by molar-refractivity contribution is 7.10. The summed E-state index contributed by atoms with van der Waals surface area (Å²) < 4.78 is 5.36. The van der Waals surface area contributed by atoms with Gasteiger partial charge in [-0.25, -0.2) is 0 Å². The Morgan fingerprint density at radius 3 is 2.83 bits per heavy atom. The van der Waals surface area contributed by atoms with Crippen molar-refractivity contribution in [3.63, 3.8) is 0 Å². The third-order valence-corrected chi connectivity index (χ3v) is 3.54. The van der Waals surface area contributed by atoms with Crippen LogP contribution in [0.1, 0.15) is 23.8 Å². The molecule has 1 fully saturated rings. The van der Waals surface area contributed by atoms with Gasteiger partial charge >= 0.3 is 0 Å². The van der Waals surface area contributed by atoms with Gasteiger partial charge in [-0.2, -0.15) is 0 Å². The van der Waals surface area contributed by atoms with Gasteiger partial charge in [-0.3, -0.25) is 0 Å². The topological polar surface area (TPSA) is 12.5 Å². The molecule has 1 saturated heterocycles. The Labute approximate surface area is 77.4 Å². The van der Waals surface area contributed by atoms with E-state index in [4.69, 9.17) is 4.74 Å². The van der Waals surface area contributed by atoms with Crippen molar-refractivity contribution in [2.45, 2.75) is 38.9 Å². The van der Waals surface area contributed by atoms with Gasteiger partial charge in [0.15, 0.2) is 0 Å². The Hall–Kier alpha value is -0.340. The summed E-state index contributed by atoms with van der Waals surface area (Å²) in [6.45, 7) is 4.33. The maximum atomic E-state index is 5.36. The lowest BCUT2D eigenvalue weighted by Crippen LogP contribution is -1.92. The molecule has 0 saturated carbocycles. The minimum Gasteiger partial charge on any atom is -0.370 e. The summed E-state index contributed by atoms with van der Waals surface area (Å²) >= 11 is 1.86. The van der Waals surface area contributed by atoms with E-state index >= 15 is 0 Å². The molecule has 0 radical (unpaired) electrons. The van der Waals surface area contributed by atoms with Crippen molar-refractivity contribution >= 4 is 11.3 Å². The maximum absolute atomic E-state index is 5.36. The zero-order valence-electron chi connectivity index (χ0n) is 7.54. The minimum absolute atomic E-state index is 0.519. The lowest BCUT2D eigenvalue weighted by atomic mass is 10.1. The highest BCUT2D eigenvalue weighted by Crippen LogP contribution is 2.27. The second-order valence-corrected chi connectivity index (χ2v) is 4.45. The van der Waals surface area contributed by atoms with Crippen LogP contribution in [0, 0.1) is 6.92 Å². The van der Waals surface area contributed by atoms with Gasteiger partial charge in [0.2, 0.25) is 0 Å². The molecule has 2 heterocycles. The standard InChI is InChI=1S/C10H14OS/c1-7-5-6-12-10(7)4-3-9-8(2)11-9/h5-6,8-9H,3-4H2,1-2H3. The molecular weight excluding hydrogens is 168 g/mol. The molecule has 66 valence electrons. The Bertz CT molecular complexity index is 267. The fourth-order valence-corrected chi connectivity index (χ4v) is 2.39. The van der Waals surface area contributed by atoms with Crippen molar-refractivity contribution in [3.8, 4) is 0 Å². The summed E-state index contributed by atoms with van der Waals surface area (Å²) in [6, 6.07) is 2.19. The van der Waals surface area contributed by atoms with E-state index < -0.39 is 0 Å². The Balaban J connectivity index is 1.84. The number of hydrogen-bond acceptors (Lipinski definition) is 2. The average Bonchev–Trinajstić information content (AvgIpc) is 2.57. The maximum Gasteiger partial charge on any atom is 0.0842 e. The smallest absolute Gasteiger partial charge is 0.0842 e. The monoisotopic (exact) mass is 182 g/mol. The number of thiophene rings is 1. The highest BCUT2D eigenvalue weighted by Gasteiger charge is 2.33. The normalized spacial score (nSPS) is 27.5. The molecule has 2 atom stereocenters. The molecule has 0 bridgehead atoms. The van der Waals surface area contributed by atoms with Gasteiger partial charge in [0.1, 0.15) is 0 Å². The van der Waals surface area contributed by atoms with Gasteiger partial charge < -0.3 is 4.74 Å². The molecule has 1 aliphatic heterocycles. The SMILES string of the molecule is Cc1ccsc1CCC1OC1C. The van der Waals surface area contributed by atoms with E-state index in [2.05, 4.69) is 25.3 Å². The summed E-state index contributed by atoms with van der Waals surface area (Å²) in [6.07, 6.45) is 3.46. The van der Waals surface area contributed by atoms with Crippen molar-refractivity contribution < 1.29 is 4.74 Å². The van der Waals surface area contributed by atoms with Crippen LogP contribution in [-0.4, -0.2) is 12.2 Å². The van der Waals surface area contributed by atoms with Crippen LogP contribution in [0.25, 0.3) is 0 Å². The molecule has 0 amide bonds. The predicted molar refractivity (Wildman–Crippen MR) is 51.7 cm³/mol. The molecule has 0 spiro atoms. The van der Waals surface area contributed by atoms with Gasteiger partial charge in [0.05, 0.1) is 12.2 Å². The summed E-state index contributed by atoms with van der Waals surface area (Å²) in [5, 5.41) is 2.17. The van der Waals surface area contributed by atoms with Crippen LogP contribution in [-0.2, 0) is 11.2 Å². The molecule has 0 aromatic carbocycles. The number of epoxide rings is 1. The van der Waals surface area contributed by atoms with Crippen LogP contribution in [0.2, 0.25) is 0 Å². The Kier molecular flexibility index (Phi) is 2.20. The summed E-state index contributed by atoms with van der Waals surface area (Å²) in [4.78, 5) is 1.53. The van der Waals surface area contributed by atoms with E-state index in [1.165, 1.54) is 23.3 Å². The van der Waals surface area contributed by atoms with Gasteiger partial charge in [0, 0.05) is 4.88 Å². The van der Waals surface area contributed by atoms with Crippen LogP contribution in [0.5, 0.6) is 0 Å². The second kappa shape index (κ2) is 3.19. The van der Waals surface area contributed by atoms with Crippen LogP contribution >= 0.6 is 11.3 Å². The molecule has 2 rings (SSSR count). The molecule has 0 aliphatic carbocycles. The molecular formula is C10H14OS. The number of hydrogen-bond donors (Lipinski definition) is 0. The molecule has 0 N–H and O–H groups in total. The van der Waals surface area contributed by atoms with Crippen LogP contribution in [0.15, 0.2) is 11.4 Å². The summed E-state index contributed by atoms with van der Waals surface area (Å²) in [7, 11) is 0. The van der Waals surface area contributed by atoms with Gasteiger partial charge in [0.25, 0.3) is 0 Å². The molecule has 1 aromatic rings. The lowest BCUT2D eigenvalue weighted by Gasteiger charge is -1.95. The van der Waals surface area contributed by atoms with Gasteiger partial charge in [-0.15, -0.1) is 11.3 Å². The van der Waals surface area contributed by atoms with Gasteiger partial charge in [-0.05, 0) is 43.7 Å². The van der Waals surface area contributed by atoms with E-state index in [1.807, 2.05) is 11.3 Å². The second-order valence-electron chi connectivity index (χ2n) is 3.45. The first-order valence-corrected chi connectivity index (χ1v) is 5.34. The highest BCUT2D eigenvalue weighted by atomic mass is 32.1. The third-order valence-electron chi connectivity index (χ3n) is 2.46. The Morgan fingerprint density at radius 1 is 1.58 bits per heavy atom. The molecule has 1 nitrogen and oxygen atoms in total. The molecule has 12 heavy (non-hydrogen) atoms. The van der Waals surface area contributed by atoms with E-state index in [9.17, 15) is 0 Å². The van der Waals surface area contributed by atoms with Gasteiger partial charge in [-0.1, -0.05) is 0 Å². The molecule has 2 unspecified atom stereocenters. The first-order chi connectivity index (χ1) is 5.77. The van der Waals surface area contributed by atoms with Crippen molar-refractivity contribution in [3.05, 3.63) is 21.9 Å². The van der Waals surface area contributed by atoms with Crippen molar-refractivity contribution in [1.29, 1.82) is 0 Å². The molecule has 1 aromatic heterocycles. The predicted octanol–water partition coefficient (Wildman–Crippen LogP) is 2.78. The van der Waals surface area contributed by atoms with Crippen LogP contribution in [0.4, 0.5) is 0 Å². The third kappa shape index (κ3) is 1.70. The summed E-state index contributed by atoms with van der Waals surface area (Å²) in [5.74, 6) is 0. The average molecular weight is 182 g/mol. The van der Waals surface area contributed by atoms with Crippen LogP contribution in [0.3, 0.4) is 0 Å². The molecule has 2 heteroatoms. The van der Waals surface area contributed by atoms with E-state index in [0.717, 1.165) is 0 Å². The minimum atomic E-state index is 0.519. The van der Waals surface area contributed by atoms with Crippen molar-refractivity contribution in [2.75, 3.05) is 0 Å². The largest absolute Gasteiger partial charge is 0.370 e. The quantitative estimate of drug-likeness (QED) is 0.655. The lowest BCUT2D eigenvalue weighted by molar-refractivity contribution is 0.370. The number of aryl methyl sites for hydroxylation is 2. The zero-order valence-corrected chi connectivity index (χ0v) is 8.36. The molecule has 1 aliphatic rings. The Morgan fingerprint density at radius 2 is 2.33 bits per heavy atom. The summed E-state index contributed by atoms with van der Waals surface area (Å²) in [5.41, 5.74) is 1.44.